The highest BCUT2D eigenvalue weighted by atomic mass is 32.2. The maximum absolute atomic E-state index is 13.7. The molecule has 2 amide bonds. The number of carbonyl (C=O) groups excluding carboxylic acids is 2. The van der Waals surface area contributed by atoms with Crippen molar-refractivity contribution in [2.45, 2.75) is 51.6 Å². The minimum atomic E-state index is -3.98. The first-order chi connectivity index (χ1) is 17.6. The van der Waals surface area contributed by atoms with Gasteiger partial charge in [-0.25, -0.2) is 8.42 Å². The Morgan fingerprint density at radius 1 is 0.973 bits per heavy atom. The first kappa shape index (κ1) is 26.4. The lowest BCUT2D eigenvalue weighted by molar-refractivity contribution is -0.128. The van der Waals surface area contributed by atoms with Gasteiger partial charge in [-0.05, 0) is 67.6 Å². The van der Waals surface area contributed by atoms with Gasteiger partial charge in [0.25, 0.3) is 10.0 Å². The lowest BCUT2D eigenvalue weighted by Gasteiger charge is -2.26. The smallest absolute Gasteiger partial charge is 0.264 e. The molecule has 1 heterocycles. The lowest BCUT2D eigenvalue weighted by Crippen LogP contribution is -2.41. The Morgan fingerprint density at radius 2 is 1.68 bits per heavy atom. The van der Waals surface area contributed by atoms with E-state index in [1.54, 1.807) is 36.4 Å². The molecule has 4 rings (SSSR count). The minimum absolute atomic E-state index is 0.135. The molecule has 8 heteroatoms. The number of hydrogen-bond acceptors (Lipinski definition) is 4. The molecule has 0 spiro atoms. The third-order valence-electron chi connectivity index (χ3n) is 6.77. The van der Waals surface area contributed by atoms with Crippen molar-refractivity contribution in [1.82, 2.24) is 10.2 Å². The van der Waals surface area contributed by atoms with E-state index in [9.17, 15) is 18.0 Å². The van der Waals surface area contributed by atoms with E-state index in [4.69, 9.17) is 0 Å². The Kier molecular flexibility index (Phi) is 7.97. The van der Waals surface area contributed by atoms with Crippen molar-refractivity contribution < 1.29 is 18.0 Å². The molecule has 194 valence electrons. The fourth-order valence-corrected chi connectivity index (χ4v) is 5.94. The molecule has 7 nitrogen and oxygen atoms in total. The molecular formula is C29H33N3O4S. The topological polar surface area (TPSA) is 86.8 Å². The van der Waals surface area contributed by atoms with E-state index in [0.29, 0.717) is 18.7 Å². The van der Waals surface area contributed by atoms with Crippen molar-refractivity contribution in [3.05, 3.63) is 94.5 Å². The predicted octanol–water partition coefficient (Wildman–Crippen LogP) is 4.25. The summed E-state index contributed by atoms with van der Waals surface area (Å²) in [7, 11) is -3.98. The maximum atomic E-state index is 13.7. The van der Waals surface area contributed by atoms with Gasteiger partial charge in [-0.3, -0.25) is 13.9 Å². The number of nitrogens with one attached hydrogen (secondary N) is 1. The largest absolute Gasteiger partial charge is 0.350 e. The lowest BCUT2D eigenvalue weighted by atomic mass is 10.1. The maximum Gasteiger partial charge on any atom is 0.264 e. The van der Waals surface area contributed by atoms with Gasteiger partial charge < -0.3 is 10.2 Å². The van der Waals surface area contributed by atoms with Crippen molar-refractivity contribution in [3.63, 3.8) is 0 Å². The Morgan fingerprint density at radius 3 is 2.38 bits per heavy atom. The molecule has 3 aromatic carbocycles. The number of rotatable bonds is 9. The number of amides is 2. The van der Waals surface area contributed by atoms with Crippen molar-refractivity contribution in [2.24, 2.45) is 0 Å². The summed E-state index contributed by atoms with van der Waals surface area (Å²) in [5.41, 5.74) is 5.06. The van der Waals surface area contributed by atoms with Crippen LogP contribution in [0.25, 0.3) is 0 Å². The average molecular weight is 520 g/mol. The number of aryl methyl sites for hydroxylation is 2. The number of nitrogens with zero attached hydrogens (tertiary/aromatic N) is 2. The first-order valence-corrected chi connectivity index (χ1v) is 13.9. The van der Waals surface area contributed by atoms with Gasteiger partial charge in [0.2, 0.25) is 11.8 Å². The number of likely N-dealkylation sites (tertiary alicyclic amines) is 1. The van der Waals surface area contributed by atoms with Crippen molar-refractivity contribution >= 4 is 27.5 Å². The number of hydrogen-bond donors (Lipinski definition) is 1. The zero-order valence-corrected chi connectivity index (χ0v) is 22.3. The second-order valence-electron chi connectivity index (χ2n) is 9.56. The Hall–Kier alpha value is -3.65. The van der Waals surface area contributed by atoms with Crippen LogP contribution in [0.3, 0.4) is 0 Å². The van der Waals surface area contributed by atoms with Crippen LogP contribution in [0.1, 0.15) is 40.7 Å². The fourth-order valence-electron chi connectivity index (χ4n) is 4.46. The highest BCUT2D eigenvalue weighted by Crippen LogP contribution is 2.28. The van der Waals surface area contributed by atoms with Crippen LogP contribution in [-0.4, -0.2) is 38.2 Å². The molecule has 0 atom stereocenters. The Balaban J connectivity index is 1.51. The molecule has 0 bridgehead atoms. The molecule has 37 heavy (non-hydrogen) atoms. The van der Waals surface area contributed by atoms with E-state index in [2.05, 4.69) is 5.32 Å². The van der Waals surface area contributed by atoms with Crippen LogP contribution < -0.4 is 9.62 Å². The minimum Gasteiger partial charge on any atom is -0.350 e. The van der Waals surface area contributed by atoms with Crippen molar-refractivity contribution in [1.29, 1.82) is 0 Å². The number of benzene rings is 3. The summed E-state index contributed by atoms with van der Waals surface area (Å²) >= 11 is 0. The van der Waals surface area contributed by atoms with Crippen LogP contribution in [0.4, 0.5) is 5.69 Å². The van der Waals surface area contributed by atoms with Crippen molar-refractivity contribution in [2.75, 3.05) is 17.4 Å². The van der Waals surface area contributed by atoms with Gasteiger partial charge in [0.15, 0.2) is 0 Å². The third kappa shape index (κ3) is 6.20. The van der Waals surface area contributed by atoms with Gasteiger partial charge in [-0.2, -0.15) is 0 Å². The Labute approximate surface area is 219 Å². The Bertz CT molecular complexity index is 1400. The van der Waals surface area contributed by atoms with Crippen LogP contribution in [-0.2, 0) is 32.7 Å². The molecule has 0 aliphatic carbocycles. The molecule has 1 aliphatic heterocycles. The standard InChI is InChI=1S/C29H33N3O4S/c1-21-12-14-26(15-13-21)37(35,36)32(27-10-4-7-22(2)23(27)3)20-28(33)30-18-24-8-5-9-25(17-24)19-31-16-6-11-29(31)34/h4-5,7-10,12-15,17H,6,11,16,18-20H2,1-3H3,(H,30,33). The summed E-state index contributed by atoms with van der Waals surface area (Å²) in [6.07, 6.45) is 1.48. The van der Waals surface area contributed by atoms with Crippen LogP contribution in [0.15, 0.2) is 71.6 Å². The zero-order chi connectivity index (χ0) is 26.6. The van der Waals surface area contributed by atoms with Crippen LogP contribution in [0.2, 0.25) is 0 Å². The molecule has 1 aliphatic rings. The summed E-state index contributed by atoms with van der Waals surface area (Å²) in [6, 6.07) is 19.8. The summed E-state index contributed by atoms with van der Waals surface area (Å²) in [5, 5.41) is 2.87. The second kappa shape index (κ2) is 11.2. The number of carbonyl (C=O) groups is 2. The summed E-state index contributed by atoms with van der Waals surface area (Å²) in [5.74, 6) is -0.239. The zero-order valence-electron chi connectivity index (χ0n) is 21.5. The van der Waals surface area contributed by atoms with Crippen LogP contribution in [0.5, 0.6) is 0 Å². The third-order valence-corrected chi connectivity index (χ3v) is 8.54. The normalized spacial score (nSPS) is 13.6. The molecule has 1 fully saturated rings. The van der Waals surface area contributed by atoms with Crippen LogP contribution >= 0.6 is 0 Å². The monoisotopic (exact) mass is 519 g/mol. The van der Waals surface area contributed by atoms with Crippen molar-refractivity contribution in [3.8, 4) is 0 Å². The van der Waals surface area contributed by atoms with E-state index >= 15 is 0 Å². The average Bonchev–Trinajstić information content (AvgIpc) is 3.27. The molecule has 1 N–H and O–H groups in total. The first-order valence-electron chi connectivity index (χ1n) is 12.4. The number of sulfonamides is 1. The second-order valence-corrected chi connectivity index (χ2v) is 11.4. The quantitative estimate of drug-likeness (QED) is 0.458. The SMILES string of the molecule is Cc1ccc(S(=O)(=O)N(CC(=O)NCc2cccc(CN3CCCC3=O)c2)c2cccc(C)c2C)cc1. The van der Waals surface area contributed by atoms with E-state index in [1.807, 2.05) is 56.0 Å². The van der Waals surface area contributed by atoms with E-state index in [-0.39, 0.29) is 23.9 Å². The molecule has 0 aromatic heterocycles. The van der Waals surface area contributed by atoms with Gasteiger partial charge in [0.1, 0.15) is 6.54 Å². The summed E-state index contributed by atoms with van der Waals surface area (Å²) < 4.78 is 28.5. The highest BCUT2D eigenvalue weighted by molar-refractivity contribution is 7.92. The molecule has 0 radical (unpaired) electrons. The number of anilines is 1. The van der Waals surface area contributed by atoms with E-state index in [0.717, 1.165) is 40.8 Å². The fraction of sp³-hybridized carbons (Fsp3) is 0.310. The molecule has 0 saturated carbocycles. The molecule has 1 saturated heterocycles. The molecular weight excluding hydrogens is 486 g/mol. The van der Waals surface area contributed by atoms with Gasteiger partial charge in [0.05, 0.1) is 10.6 Å². The van der Waals surface area contributed by atoms with E-state index in [1.165, 1.54) is 4.31 Å². The molecule has 0 unspecified atom stereocenters. The molecule has 3 aromatic rings. The summed E-state index contributed by atoms with van der Waals surface area (Å²) in [6.45, 7) is 6.90. The predicted molar refractivity (Wildman–Crippen MR) is 145 cm³/mol. The summed E-state index contributed by atoms with van der Waals surface area (Å²) in [4.78, 5) is 27.0. The van der Waals surface area contributed by atoms with Gasteiger partial charge in [0, 0.05) is 26.1 Å². The van der Waals surface area contributed by atoms with Gasteiger partial charge >= 0.3 is 0 Å². The highest BCUT2D eigenvalue weighted by Gasteiger charge is 2.28. The van der Waals surface area contributed by atoms with Gasteiger partial charge in [-0.1, -0.05) is 54.1 Å². The van der Waals surface area contributed by atoms with Gasteiger partial charge in [-0.15, -0.1) is 0 Å². The van der Waals surface area contributed by atoms with E-state index < -0.39 is 15.9 Å². The van der Waals surface area contributed by atoms with Crippen LogP contribution in [0, 0.1) is 20.8 Å².